The van der Waals surface area contributed by atoms with Crippen LogP contribution < -0.4 is 0 Å². The van der Waals surface area contributed by atoms with Gasteiger partial charge in [0.25, 0.3) is 0 Å². The molecule has 3 nitrogen and oxygen atoms in total. The molecule has 0 unspecified atom stereocenters. The minimum atomic E-state index is 0.416. The summed E-state index contributed by atoms with van der Waals surface area (Å²) in [5, 5.41) is 7.36. The summed E-state index contributed by atoms with van der Waals surface area (Å²) in [6, 6.07) is 0. The number of hydrogen-bond acceptors (Lipinski definition) is 2. The van der Waals surface area contributed by atoms with E-state index in [0.29, 0.717) is 11.8 Å². The third kappa shape index (κ3) is 3.33. The molecule has 0 aliphatic heterocycles. The summed E-state index contributed by atoms with van der Waals surface area (Å²) in [6.07, 6.45) is 4.84. The molecule has 1 N–H and O–H groups in total. The van der Waals surface area contributed by atoms with Crippen LogP contribution >= 0.6 is 0 Å². The van der Waals surface area contributed by atoms with E-state index in [1.165, 1.54) is 25.7 Å². The molecular weight excluding hydrogens is 186 g/mol. The highest BCUT2D eigenvalue weighted by Gasteiger charge is 2.15. The minimum Gasteiger partial charge on any atom is -0.263 e. The molecule has 0 saturated heterocycles. The summed E-state index contributed by atoms with van der Waals surface area (Å²) in [5.41, 5.74) is 0. The Hall–Kier alpha value is -0.860. The zero-order chi connectivity index (χ0) is 11.3. The molecule has 0 amide bonds. The van der Waals surface area contributed by atoms with Crippen molar-refractivity contribution >= 4 is 0 Å². The number of aromatic amines is 1. The second-order valence-electron chi connectivity index (χ2n) is 4.51. The van der Waals surface area contributed by atoms with Crippen molar-refractivity contribution in [2.24, 2.45) is 0 Å². The topological polar surface area (TPSA) is 41.6 Å². The molecule has 0 fully saturated rings. The average molecular weight is 209 g/mol. The highest BCUT2D eigenvalue weighted by Crippen LogP contribution is 2.24. The molecular formula is C12H23N3. The van der Waals surface area contributed by atoms with Crippen LogP contribution in [-0.4, -0.2) is 15.2 Å². The number of nitrogens with one attached hydrogen (secondary N) is 1. The second-order valence-corrected chi connectivity index (χ2v) is 4.51. The zero-order valence-electron chi connectivity index (χ0n) is 10.4. The molecule has 1 heterocycles. The van der Waals surface area contributed by atoms with E-state index in [9.17, 15) is 0 Å². The lowest BCUT2D eigenvalue weighted by atomic mass is 9.98. The predicted molar refractivity (Wildman–Crippen MR) is 63.0 cm³/mol. The predicted octanol–water partition coefficient (Wildman–Crippen LogP) is 3.61. The van der Waals surface area contributed by atoms with Crippen LogP contribution in [0.5, 0.6) is 0 Å². The first-order valence-electron chi connectivity index (χ1n) is 6.11. The standard InChI is InChI=1S/C12H23N3/c1-5-7-10(8-6-2)12-13-11(9(3)4)14-15-12/h9-10H,5-8H2,1-4H3,(H,13,14,15). The number of aromatic nitrogens is 3. The average Bonchev–Trinajstić information content (AvgIpc) is 2.66. The van der Waals surface area contributed by atoms with Gasteiger partial charge >= 0.3 is 0 Å². The first kappa shape index (κ1) is 12.2. The van der Waals surface area contributed by atoms with Crippen LogP contribution in [-0.2, 0) is 0 Å². The number of nitrogens with zero attached hydrogens (tertiary/aromatic N) is 2. The highest BCUT2D eigenvalue weighted by atomic mass is 15.2. The van der Waals surface area contributed by atoms with Gasteiger partial charge in [-0.15, -0.1) is 0 Å². The molecule has 0 bridgehead atoms. The van der Waals surface area contributed by atoms with E-state index in [2.05, 4.69) is 42.9 Å². The van der Waals surface area contributed by atoms with Crippen LogP contribution in [0.4, 0.5) is 0 Å². The maximum absolute atomic E-state index is 4.58. The summed E-state index contributed by atoms with van der Waals surface area (Å²) in [6.45, 7) is 8.70. The van der Waals surface area contributed by atoms with Crippen molar-refractivity contribution in [3.8, 4) is 0 Å². The van der Waals surface area contributed by atoms with Crippen LogP contribution in [0.1, 0.15) is 76.9 Å². The van der Waals surface area contributed by atoms with Gasteiger partial charge in [0.2, 0.25) is 0 Å². The number of rotatable bonds is 6. The van der Waals surface area contributed by atoms with Gasteiger partial charge in [0, 0.05) is 11.8 Å². The minimum absolute atomic E-state index is 0.416. The maximum atomic E-state index is 4.58. The molecule has 3 heteroatoms. The monoisotopic (exact) mass is 209 g/mol. The normalized spacial score (nSPS) is 11.6. The molecule has 0 atom stereocenters. The SMILES string of the molecule is CCCC(CCC)c1nc(C(C)C)n[nH]1. The second kappa shape index (κ2) is 5.89. The van der Waals surface area contributed by atoms with Crippen LogP contribution in [0.25, 0.3) is 0 Å². The van der Waals surface area contributed by atoms with E-state index in [0.717, 1.165) is 11.6 Å². The molecule has 0 aromatic carbocycles. The Morgan fingerprint density at radius 1 is 1.13 bits per heavy atom. The molecule has 1 aromatic rings. The zero-order valence-corrected chi connectivity index (χ0v) is 10.4. The van der Waals surface area contributed by atoms with E-state index in [-0.39, 0.29) is 0 Å². The highest BCUT2D eigenvalue weighted by molar-refractivity contribution is 5.00. The van der Waals surface area contributed by atoms with E-state index in [1.807, 2.05) is 0 Å². The van der Waals surface area contributed by atoms with E-state index in [4.69, 9.17) is 0 Å². The lowest BCUT2D eigenvalue weighted by molar-refractivity contribution is 0.535. The molecule has 0 aliphatic carbocycles. The smallest absolute Gasteiger partial charge is 0.153 e. The van der Waals surface area contributed by atoms with Crippen LogP contribution in [0.2, 0.25) is 0 Å². The number of H-pyrrole nitrogens is 1. The van der Waals surface area contributed by atoms with Crippen molar-refractivity contribution in [3.05, 3.63) is 11.6 Å². The van der Waals surface area contributed by atoms with Crippen molar-refractivity contribution in [3.63, 3.8) is 0 Å². The maximum Gasteiger partial charge on any atom is 0.153 e. The molecule has 0 radical (unpaired) electrons. The molecule has 1 aromatic heterocycles. The summed E-state index contributed by atoms with van der Waals surface area (Å²) >= 11 is 0. The van der Waals surface area contributed by atoms with Gasteiger partial charge in [-0.2, -0.15) is 5.10 Å². The van der Waals surface area contributed by atoms with E-state index in [1.54, 1.807) is 0 Å². The largest absolute Gasteiger partial charge is 0.263 e. The van der Waals surface area contributed by atoms with Gasteiger partial charge in [0.05, 0.1) is 0 Å². The fourth-order valence-corrected chi connectivity index (χ4v) is 1.84. The number of hydrogen-bond donors (Lipinski definition) is 1. The third-order valence-corrected chi connectivity index (χ3v) is 2.70. The van der Waals surface area contributed by atoms with Crippen molar-refractivity contribution < 1.29 is 0 Å². The summed E-state index contributed by atoms with van der Waals surface area (Å²) < 4.78 is 0. The first-order chi connectivity index (χ1) is 7.19. The van der Waals surface area contributed by atoms with Gasteiger partial charge in [0.1, 0.15) is 5.82 Å². The molecule has 15 heavy (non-hydrogen) atoms. The Bertz CT molecular complexity index is 272. The molecule has 0 spiro atoms. The lowest BCUT2D eigenvalue weighted by Gasteiger charge is -2.11. The van der Waals surface area contributed by atoms with E-state index < -0.39 is 0 Å². The molecule has 1 rings (SSSR count). The van der Waals surface area contributed by atoms with Gasteiger partial charge in [-0.1, -0.05) is 40.5 Å². The lowest BCUT2D eigenvalue weighted by Crippen LogP contribution is -2.01. The first-order valence-corrected chi connectivity index (χ1v) is 6.11. The quantitative estimate of drug-likeness (QED) is 0.777. The molecule has 0 aliphatic rings. The summed E-state index contributed by atoms with van der Waals surface area (Å²) in [7, 11) is 0. The Kier molecular flexibility index (Phi) is 4.79. The molecule has 86 valence electrons. The fraction of sp³-hybridized carbons (Fsp3) is 0.833. The van der Waals surface area contributed by atoms with Crippen molar-refractivity contribution in [1.82, 2.24) is 15.2 Å². The Morgan fingerprint density at radius 3 is 2.13 bits per heavy atom. The van der Waals surface area contributed by atoms with Gasteiger partial charge in [-0.05, 0) is 12.8 Å². The van der Waals surface area contributed by atoms with Gasteiger partial charge < -0.3 is 0 Å². The van der Waals surface area contributed by atoms with Crippen molar-refractivity contribution in [1.29, 1.82) is 0 Å². The fourth-order valence-electron chi connectivity index (χ4n) is 1.84. The van der Waals surface area contributed by atoms with Crippen molar-refractivity contribution in [2.45, 2.75) is 65.2 Å². The summed E-state index contributed by atoms with van der Waals surface area (Å²) in [4.78, 5) is 4.58. The van der Waals surface area contributed by atoms with Crippen LogP contribution in [0.3, 0.4) is 0 Å². The summed E-state index contributed by atoms with van der Waals surface area (Å²) in [5.74, 6) is 3.02. The Morgan fingerprint density at radius 2 is 1.73 bits per heavy atom. The third-order valence-electron chi connectivity index (χ3n) is 2.70. The van der Waals surface area contributed by atoms with Gasteiger partial charge in [0.15, 0.2) is 5.82 Å². The van der Waals surface area contributed by atoms with Crippen LogP contribution in [0, 0.1) is 0 Å². The van der Waals surface area contributed by atoms with Gasteiger partial charge in [-0.3, -0.25) is 5.10 Å². The Balaban J connectivity index is 2.72. The van der Waals surface area contributed by atoms with Gasteiger partial charge in [-0.25, -0.2) is 4.98 Å². The van der Waals surface area contributed by atoms with E-state index >= 15 is 0 Å². The van der Waals surface area contributed by atoms with Crippen LogP contribution in [0.15, 0.2) is 0 Å². The van der Waals surface area contributed by atoms with Crippen molar-refractivity contribution in [2.75, 3.05) is 0 Å². The Labute approximate surface area is 92.7 Å². The molecule has 0 saturated carbocycles.